The fourth-order valence-electron chi connectivity index (χ4n) is 2.78. The number of amides is 1. The van der Waals surface area contributed by atoms with Crippen LogP contribution in [0, 0.1) is 21.7 Å². The van der Waals surface area contributed by atoms with Gasteiger partial charge in [0.1, 0.15) is 11.4 Å². The van der Waals surface area contributed by atoms with Crippen LogP contribution in [0.3, 0.4) is 0 Å². The zero-order chi connectivity index (χ0) is 20.3. The number of nitro benzene ring substituents is 1. The highest BCUT2D eigenvalue weighted by Gasteiger charge is 2.19. The number of fused-ring (bicyclic) bond motifs is 1. The van der Waals surface area contributed by atoms with E-state index in [1.54, 1.807) is 12.4 Å². The summed E-state index contributed by atoms with van der Waals surface area (Å²) < 4.78 is 34.6. The van der Waals surface area contributed by atoms with Gasteiger partial charge >= 0.3 is 0 Å². The Morgan fingerprint density at radius 2 is 2.04 bits per heavy atom. The number of primary amides is 1. The monoisotopic (exact) mass is 390 g/mol. The van der Waals surface area contributed by atoms with Crippen molar-refractivity contribution in [3.05, 3.63) is 64.0 Å². The average Bonchev–Trinajstić information content (AvgIpc) is 3.05. The van der Waals surface area contributed by atoms with Gasteiger partial charge in [-0.25, -0.2) is 13.8 Å². The lowest BCUT2D eigenvalue weighted by molar-refractivity contribution is -0.384. The summed E-state index contributed by atoms with van der Waals surface area (Å²) in [6.45, 7) is 0.731. The second kappa shape index (κ2) is 7.99. The number of ether oxygens (including phenoxy) is 1. The fraction of sp³-hybridized carbons (Fsp3) is 0.222. The Balaban J connectivity index is 1.56. The van der Waals surface area contributed by atoms with Crippen LogP contribution in [0.5, 0.6) is 5.75 Å². The van der Waals surface area contributed by atoms with Crippen LogP contribution in [-0.4, -0.2) is 27.0 Å². The van der Waals surface area contributed by atoms with Gasteiger partial charge in [-0.15, -0.1) is 0 Å². The summed E-state index contributed by atoms with van der Waals surface area (Å²) in [5.74, 6) is -3.59. The fourth-order valence-corrected chi connectivity index (χ4v) is 2.78. The minimum absolute atomic E-state index is 0.0252. The minimum atomic E-state index is -1.20. The number of rotatable bonds is 8. The lowest BCUT2D eigenvalue weighted by atomic mass is 10.1. The van der Waals surface area contributed by atoms with E-state index in [-0.39, 0.29) is 18.0 Å². The Hall–Kier alpha value is -3.56. The van der Waals surface area contributed by atoms with E-state index in [0.29, 0.717) is 24.9 Å². The molecule has 0 radical (unpaired) electrons. The van der Waals surface area contributed by atoms with Crippen molar-refractivity contribution in [2.75, 3.05) is 6.61 Å². The van der Waals surface area contributed by atoms with E-state index in [2.05, 4.69) is 4.98 Å². The maximum absolute atomic E-state index is 14.1. The summed E-state index contributed by atoms with van der Waals surface area (Å²) in [5.41, 5.74) is 5.41. The second-order valence-corrected chi connectivity index (χ2v) is 6.02. The number of aromatic nitrogens is 2. The number of nitrogens with zero attached hydrogens (tertiary/aromatic N) is 3. The first-order valence-electron chi connectivity index (χ1n) is 8.38. The summed E-state index contributed by atoms with van der Waals surface area (Å²) in [5, 5.41) is 10.8. The lowest BCUT2D eigenvalue weighted by Gasteiger charge is -2.10. The summed E-state index contributed by atoms with van der Waals surface area (Å²) in [6.07, 6.45) is 2.80. The SMILES string of the molecule is NC(=O)c1c(F)ccc(OCCCCn2cnc3cc([N+](=O)[O-])ccc32)c1F. The molecule has 0 aliphatic rings. The Bertz CT molecular complexity index is 1050. The summed E-state index contributed by atoms with van der Waals surface area (Å²) in [7, 11) is 0. The zero-order valence-electron chi connectivity index (χ0n) is 14.6. The molecule has 3 aromatic rings. The van der Waals surface area contributed by atoms with Gasteiger partial charge < -0.3 is 15.0 Å². The lowest BCUT2D eigenvalue weighted by Crippen LogP contribution is -2.16. The van der Waals surface area contributed by atoms with E-state index < -0.39 is 28.0 Å². The standard InChI is InChI=1S/C18H16F2N4O4/c19-12-4-6-15(17(20)16(12)18(21)25)28-8-2-1-7-23-10-22-13-9-11(24(26)27)3-5-14(13)23/h3-6,9-10H,1-2,7-8H2,(H2,21,25). The molecule has 1 aromatic heterocycles. The molecule has 0 saturated carbocycles. The number of hydrogen-bond donors (Lipinski definition) is 1. The van der Waals surface area contributed by atoms with Crippen molar-refractivity contribution in [3.63, 3.8) is 0 Å². The largest absolute Gasteiger partial charge is 0.490 e. The molecule has 0 bridgehead atoms. The number of benzene rings is 2. The van der Waals surface area contributed by atoms with Crippen molar-refractivity contribution < 1.29 is 23.2 Å². The molecule has 8 nitrogen and oxygen atoms in total. The van der Waals surface area contributed by atoms with Crippen LogP contribution in [0.1, 0.15) is 23.2 Å². The van der Waals surface area contributed by atoms with E-state index >= 15 is 0 Å². The smallest absolute Gasteiger partial charge is 0.271 e. The quantitative estimate of drug-likeness (QED) is 0.360. The van der Waals surface area contributed by atoms with Crippen molar-refractivity contribution in [1.29, 1.82) is 0 Å². The molecule has 0 atom stereocenters. The first-order valence-corrected chi connectivity index (χ1v) is 8.38. The molecule has 28 heavy (non-hydrogen) atoms. The molecule has 0 spiro atoms. The molecule has 0 aliphatic carbocycles. The van der Waals surface area contributed by atoms with E-state index in [9.17, 15) is 23.7 Å². The minimum Gasteiger partial charge on any atom is -0.490 e. The van der Waals surface area contributed by atoms with Crippen LogP contribution in [0.4, 0.5) is 14.5 Å². The number of nitro groups is 1. The predicted molar refractivity (Wildman–Crippen MR) is 96.0 cm³/mol. The highest BCUT2D eigenvalue weighted by Crippen LogP contribution is 2.23. The molecule has 0 unspecified atom stereocenters. The zero-order valence-corrected chi connectivity index (χ0v) is 14.6. The molecule has 0 aliphatic heterocycles. The number of nitrogens with two attached hydrogens (primary N) is 1. The van der Waals surface area contributed by atoms with E-state index in [1.165, 1.54) is 12.1 Å². The van der Waals surface area contributed by atoms with Crippen molar-refractivity contribution in [1.82, 2.24) is 9.55 Å². The van der Waals surface area contributed by atoms with Crippen molar-refractivity contribution >= 4 is 22.6 Å². The molecule has 10 heteroatoms. The molecule has 2 aromatic carbocycles. The van der Waals surface area contributed by atoms with Gasteiger partial charge in [-0.2, -0.15) is 0 Å². The Labute approximate surface area is 157 Å². The number of imidazole rings is 1. The number of unbranched alkanes of at least 4 members (excludes halogenated alkanes) is 1. The normalized spacial score (nSPS) is 10.9. The van der Waals surface area contributed by atoms with E-state index in [1.807, 2.05) is 4.57 Å². The van der Waals surface area contributed by atoms with E-state index in [0.717, 1.165) is 17.6 Å². The van der Waals surface area contributed by atoms with Crippen LogP contribution in [0.25, 0.3) is 11.0 Å². The maximum Gasteiger partial charge on any atom is 0.271 e. The van der Waals surface area contributed by atoms with Gasteiger partial charge in [-0.05, 0) is 31.0 Å². The van der Waals surface area contributed by atoms with Crippen LogP contribution < -0.4 is 10.5 Å². The number of non-ortho nitro benzene ring substituents is 1. The number of halogens is 2. The molecule has 2 N–H and O–H groups in total. The molecule has 0 fully saturated rings. The second-order valence-electron chi connectivity index (χ2n) is 6.02. The highest BCUT2D eigenvalue weighted by molar-refractivity contribution is 5.93. The average molecular weight is 390 g/mol. The molecule has 3 rings (SSSR count). The first-order chi connectivity index (χ1) is 13.4. The van der Waals surface area contributed by atoms with Gasteiger partial charge in [0.25, 0.3) is 11.6 Å². The van der Waals surface area contributed by atoms with Gasteiger partial charge in [-0.1, -0.05) is 0 Å². The van der Waals surface area contributed by atoms with Gasteiger partial charge in [0.05, 0.1) is 28.9 Å². The Morgan fingerprint density at radius 3 is 2.75 bits per heavy atom. The number of carbonyl (C=O) groups excluding carboxylic acids is 1. The van der Waals surface area contributed by atoms with Crippen LogP contribution in [0.2, 0.25) is 0 Å². The van der Waals surface area contributed by atoms with Gasteiger partial charge in [0.2, 0.25) is 0 Å². The highest BCUT2D eigenvalue weighted by atomic mass is 19.1. The third-order valence-corrected chi connectivity index (χ3v) is 4.17. The van der Waals surface area contributed by atoms with Gasteiger partial charge in [-0.3, -0.25) is 14.9 Å². The van der Waals surface area contributed by atoms with Crippen LogP contribution >= 0.6 is 0 Å². The summed E-state index contributed by atoms with van der Waals surface area (Å²) in [6, 6.07) is 6.48. The molecular weight excluding hydrogens is 374 g/mol. The number of carbonyl (C=O) groups is 1. The van der Waals surface area contributed by atoms with Crippen molar-refractivity contribution in [2.24, 2.45) is 5.73 Å². The predicted octanol–water partition coefficient (Wildman–Crippen LogP) is 3.18. The topological polar surface area (TPSA) is 113 Å². The number of hydrogen-bond acceptors (Lipinski definition) is 5. The molecule has 1 heterocycles. The third-order valence-electron chi connectivity index (χ3n) is 4.17. The van der Waals surface area contributed by atoms with Crippen molar-refractivity contribution in [2.45, 2.75) is 19.4 Å². The molecule has 0 saturated heterocycles. The van der Waals surface area contributed by atoms with E-state index in [4.69, 9.17) is 10.5 Å². The number of aryl methyl sites for hydroxylation is 1. The van der Waals surface area contributed by atoms with Gasteiger partial charge in [0, 0.05) is 18.7 Å². The maximum atomic E-state index is 14.1. The Morgan fingerprint density at radius 1 is 1.25 bits per heavy atom. The van der Waals surface area contributed by atoms with Crippen molar-refractivity contribution in [3.8, 4) is 5.75 Å². The summed E-state index contributed by atoms with van der Waals surface area (Å²) in [4.78, 5) is 25.6. The first kappa shape index (κ1) is 19.2. The third kappa shape index (κ3) is 3.90. The molecule has 1 amide bonds. The summed E-state index contributed by atoms with van der Waals surface area (Å²) >= 11 is 0. The molecule has 146 valence electrons. The Kier molecular flexibility index (Phi) is 5.48. The van der Waals surface area contributed by atoms with Crippen LogP contribution in [-0.2, 0) is 6.54 Å². The van der Waals surface area contributed by atoms with Gasteiger partial charge in [0.15, 0.2) is 11.6 Å². The molecular formula is C18H16F2N4O4. The van der Waals surface area contributed by atoms with Crippen LogP contribution in [0.15, 0.2) is 36.7 Å².